The predicted octanol–water partition coefficient (Wildman–Crippen LogP) is 4.35. The van der Waals surface area contributed by atoms with Crippen molar-refractivity contribution in [3.8, 4) is 6.07 Å². The third kappa shape index (κ3) is 4.27. The molecule has 1 aliphatic carbocycles. The number of nitrogens with zero attached hydrogens (tertiary/aromatic N) is 4. The van der Waals surface area contributed by atoms with Gasteiger partial charge in [-0.25, -0.2) is 9.38 Å². The number of rotatable bonds is 3. The van der Waals surface area contributed by atoms with Gasteiger partial charge < -0.3 is 19.9 Å². The van der Waals surface area contributed by atoms with Crippen molar-refractivity contribution in [2.24, 2.45) is 4.99 Å². The smallest absolute Gasteiger partial charge is 0.190 e. The highest BCUT2D eigenvalue weighted by Crippen LogP contribution is 2.52. The van der Waals surface area contributed by atoms with Crippen molar-refractivity contribution in [1.82, 2.24) is 9.80 Å². The third-order valence-electron chi connectivity index (χ3n) is 10.4. The molecule has 0 saturated carbocycles. The predicted molar refractivity (Wildman–Crippen MR) is 149 cm³/mol. The Morgan fingerprint density at radius 3 is 3.00 bits per heavy atom. The van der Waals surface area contributed by atoms with Crippen LogP contribution in [0.15, 0.2) is 28.4 Å². The number of halogens is 1. The van der Waals surface area contributed by atoms with Crippen LogP contribution in [0.25, 0.3) is 0 Å². The first-order valence-corrected chi connectivity index (χ1v) is 15.0. The van der Waals surface area contributed by atoms with Crippen molar-refractivity contribution in [3.63, 3.8) is 0 Å². The molecule has 2 N–H and O–H groups in total. The van der Waals surface area contributed by atoms with E-state index in [0.29, 0.717) is 62.9 Å². The van der Waals surface area contributed by atoms with E-state index in [1.165, 1.54) is 5.57 Å². The lowest BCUT2D eigenvalue weighted by Crippen LogP contribution is -2.49. The van der Waals surface area contributed by atoms with E-state index in [1.54, 1.807) is 0 Å². The molecule has 0 radical (unpaired) electrons. The number of aliphatic imine (C=N–C) groups is 1. The van der Waals surface area contributed by atoms with Gasteiger partial charge in [-0.05, 0) is 61.8 Å². The molecule has 1 spiro atoms. The first-order chi connectivity index (χ1) is 19.4. The van der Waals surface area contributed by atoms with E-state index in [2.05, 4.69) is 28.9 Å². The summed E-state index contributed by atoms with van der Waals surface area (Å²) in [6, 6.07) is 6.41. The Morgan fingerprint density at radius 1 is 1.27 bits per heavy atom. The molecule has 5 unspecified atom stereocenters. The summed E-state index contributed by atoms with van der Waals surface area (Å²) < 4.78 is 33.6. The van der Waals surface area contributed by atoms with Crippen LogP contribution in [0.2, 0.25) is 0 Å². The van der Waals surface area contributed by atoms with Crippen LogP contribution >= 0.6 is 0 Å². The maximum absolute atomic E-state index is 14.4. The van der Waals surface area contributed by atoms with Gasteiger partial charge in [-0.3, -0.25) is 9.80 Å². The molecule has 1 aromatic rings. The van der Waals surface area contributed by atoms with Crippen LogP contribution in [0.1, 0.15) is 80.9 Å². The highest BCUT2D eigenvalue weighted by Gasteiger charge is 2.51. The van der Waals surface area contributed by atoms with Crippen molar-refractivity contribution < 1.29 is 18.6 Å². The maximum atomic E-state index is 14.4. The average molecular weight is 550 g/mol. The number of nitrogen functional groups attached to an aromatic ring is 1. The quantitative estimate of drug-likeness (QED) is 0.560. The van der Waals surface area contributed by atoms with E-state index in [4.69, 9.17) is 24.9 Å². The minimum Gasteiger partial charge on any atom is -0.479 e. The lowest BCUT2D eigenvalue weighted by Gasteiger charge is -2.47. The standard InChI is InChI=1S/C31H40FN5O3/c1-20-6-8-31(29-22(20)4-5-25(34)23(29)15-33)14-26-24(17-40-31)27(36-9-3-11-38-19-36)12-28(35-26)39-18-30-7-2-10-37(30)16-21(32)13-30/h4-5,20-21,27H,2-3,6-14,16-19,34H2,1H3. The van der Waals surface area contributed by atoms with Crippen molar-refractivity contribution in [2.75, 3.05) is 51.9 Å². The second-order valence-electron chi connectivity index (χ2n) is 12.8. The first kappa shape index (κ1) is 26.4. The van der Waals surface area contributed by atoms with Crippen molar-refractivity contribution in [2.45, 2.75) is 87.6 Å². The zero-order chi connectivity index (χ0) is 27.5. The Balaban J connectivity index is 1.23. The van der Waals surface area contributed by atoms with Gasteiger partial charge in [0, 0.05) is 56.3 Å². The summed E-state index contributed by atoms with van der Waals surface area (Å²) in [6.45, 7) is 6.93. The molecule has 40 heavy (non-hydrogen) atoms. The van der Waals surface area contributed by atoms with Gasteiger partial charge in [0.1, 0.15) is 24.4 Å². The molecule has 214 valence electrons. The largest absolute Gasteiger partial charge is 0.479 e. The number of benzene rings is 1. The number of nitriles is 1. The van der Waals surface area contributed by atoms with Gasteiger partial charge in [0.05, 0.1) is 30.1 Å². The first-order valence-electron chi connectivity index (χ1n) is 15.0. The fraction of sp³-hybridized carbons (Fsp3) is 0.677. The van der Waals surface area contributed by atoms with Gasteiger partial charge in [-0.1, -0.05) is 13.0 Å². The minimum atomic E-state index is -0.782. The molecule has 1 aromatic carbocycles. The fourth-order valence-electron chi connectivity index (χ4n) is 8.30. The zero-order valence-corrected chi connectivity index (χ0v) is 23.5. The number of anilines is 1. The van der Waals surface area contributed by atoms with E-state index in [0.717, 1.165) is 74.5 Å². The molecule has 5 aliphatic heterocycles. The SMILES string of the molecule is CC1CCC2(CC3=C(CO2)C(N2CCCOC2)CC(OCC24CCCN2CC(F)C4)=N3)c2c1ccc(N)c2C#N. The molecule has 0 bridgehead atoms. The Bertz CT molecular complexity index is 1290. The summed E-state index contributed by atoms with van der Waals surface area (Å²) in [6.07, 6.45) is 5.86. The second-order valence-corrected chi connectivity index (χ2v) is 12.8. The summed E-state index contributed by atoms with van der Waals surface area (Å²) in [5, 5.41) is 10.1. The molecule has 3 saturated heterocycles. The van der Waals surface area contributed by atoms with Crippen LogP contribution in [0.3, 0.4) is 0 Å². The molecule has 8 nitrogen and oxygen atoms in total. The number of nitrogens with two attached hydrogens (primary N) is 1. The zero-order valence-electron chi connectivity index (χ0n) is 23.5. The summed E-state index contributed by atoms with van der Waals surface area (Å²) >= 11 is 0. The van der Waals surface area contributed by atoms with Gasteiger partial charge in [0.25, 0.3) is 0 Å². The molecule has 3 fully saturated rings. The third-order valence-corrected chi connectivity index (χ3v) is 10.4. The number of fused-ring (bicyclic) bond motifs is 3. The van der Waals surface area contributed by atoms with Crippen molar-refractivity contribution in [1.29, 1.82) is 5.26 Å². The van der Waals surface area contributed by atoms with E-state index in [9.17, 15) is 9.65 Å². The molecule has 5 atom stereocenters. The number of ether oxygens (including phenoxy) is 3. The van der Waals surface area contributed by atoms with E-state index in [-0.39, 0.29) is 11.6 Å². The summed E-state index contributed by atoms with van der Waals surface area (Å²) in [4.78, 5) is 9.83. The molecule has 0 amide bonds. The normalized spacial score (nSPS) is 36.1. The molecule has 5 heterocycles. The van der Waals surface area contributed by atoms with Crippen molar-refractivity contribution in [3.05, 3.63) is 40.1 Å². The summed E-state index contributed by atoms with van der Waals surface area (Å²) in [5.41, 5.74) is 10.8. The van der Waals surface area contributed by atoms with E-state index in [1.807, 2.05) is 6.07 Å². The lowest BCUT2D eigenvalue weighted by molar-refractivity contribution is -0.0762. The van der Waals surface area contributed by atoms with Crippen LogP contribution in [-0.2, 0) is 19.8 Å². The van der Waals surface area contributed by atoms with Crippen molar-refractivity contribution >= 4 is 11.6 Å². The minimum absolute atomic E-state index is 0.0908. The van der Waals surface area contributed by atoms with Crippen LogP contribution in [0.4, 0.5) is 10.1 Å². The number of hydrogen-bond acceptors (Lipinski definition) is 8. The molecule has 0 aromatic heterocycles. The maximum Gasteiger partial charge on any atom is 0.190 e. The highest BCUT2D eigenvalue weighted by atomic mass is 19.1. The molecule has 6 aliphatic rings. The van der Waals surface area contributed by atoms with Gasteiger partial charge in [-0.15, -0.1) is 0 Å². The fourth-order valence-corrected chi connectivity index (χ4v) is 8.30. The molecular formula is C31H40FN5O3. The summed E-state index contributed by atoms with van der Waals surface area (Å²) in [5.74, 6) is 1.06. The van der Waals surface area contributed by atoms with Crippen LogP contribution in [0.5, 0.6) is 0 Å². The topological polar surface area (TPSA) is 96.3 Å². The van der Waals surface area contributed by atoms with Gasteiger partial charge in [-0.2, -0.15) is 5.26 Å². The van der Waals surface area contributed by atoms with Crippen LogP contribution in [-0.4, -0.2) is 79.6 Å². The Labute approximate surface area is 235 Å². The monoisotopic (exact) mass is 549 g/mol. The van der Waals surface area contributed by atoms with Crippen LogP contribution < -0.4 is 5.73 Å². The second kappa shape index (κ2) is 10.1. The molecule has 7 rings (SSSR count). The Hall–Kier alpha value is -2.51. The van der Waals surface area contributed by atoms with Gasteiger partial charge in [0.15, 0.2) is 5.90 Å². The highest BCUT2D eigenvalue weighted by molar-refractivity contribution is 5.80. The van der Waals surface area contributed by atoms with E-state index >= 15 is 0 Å². The number of alkyl halides is 1. The lowest BCUT2D eigenvalue weighted by atomic mass is 9.69. The van der Waals surface area contributed by atoms with Crippen LogP contribution in [0, 0.1) is 11.3 Å². The Morgan fingerprint density at radius 2 is 2.17 bits per heavy atom. The average Bonchev–Trinajstić information content (AvgIpc) is 3.49. The van der Waals surface area contributed by atoms with Gasteiger partial charge >= 0.3 is 0 Å². The molecular weight excluding hydrogens is 509 g/mol. The number of hydrogen-bond donors (Lipinski definition) is 1. The Kier molecular flexibility index (Phi) is 6.66. The molecule has 9 heteroatoms. The van der Waals surface area contributed by atoms with E-state index < -0.39 is 11.8 Å². The summed E-state index contributed by atoms with van der Waals surface area (Å²) in [7, 11) is 0. The van der Waals surface area contributed by atoms with Gasteiger partial charge in [0.2, 0.25) is 0 Å².